The molecule has 1 unspecified atom stereocenters. The third kappa shape index (κ3) is 2.60. The van der Waals surface area contributed by atoms with E-state index in [1.54, 1.807) is 0 Å². The van der Waals surface area contributed by atoms with E-state index in [1.807, 2.05) is 7.05 Å². The first-order valence-electron chi connectivity index (χ1n) is 5.28. The predicted molar refractivity (Wildman–Crippen MR) is 59.4 cm³/mol. The molecule has 16 heavy (non-hydrogen) atoms. The molecule has 1 aliphatic heterocycles. The molecule has 0 aromatic carbocycles. The average Bonchev–Trinajstić information content (AvgIpc) is 2.69. The molecule has 0 bridgehead atoms. The molecule has 90 valence electrons. The van der Waals surface area contributed by atoms with Gasteiger partial charge in [0.25, 0.3) is 10.0 Å². The number of sulfonamides is 1. The van der Waals surface area contributed by atoms with Gasteiger partial charge in [0.1, 0.15) is 0 Å². The number of aromatic nitrogens is 2. The van der Waals surface area contributed by atoms with E-state index in [1.165, 1.54) is 12.3 Å². The number of H-pyrrole nitrogens is 1. The predicted octanol–water partition coefficient (Wildman–Crippen LogP) is -0.218. The van der Waals surface area contributed by atoms with Gasteiger partial charge in [0.15, 0.2) is 5.03 Å². The maximum Gasteiger partial charge on any atom is 0.257 e. The van der Waals surface area contributed by atoms with E-state index >= 15 is 0 Å². The summed E-state index contributed by atoms with van der Waals surface area (Å²) in [7, 11) is -1.44. The third-order valence-corrected chi connectivity index (χ3v) is 4.16. The first-order valence-corrected chi connectivity index (χ1v) is 6.76. The van der Waals surface area contributed by atoms with Crippen LogP contribution in [0.5, 0.6) is 0 Å². The molecule has 6 nitrogen and oxygen atoms in total. The summed E-state index contributed by atoms with van der Waals surface area (Å²) in [6.45, 7) is 1.79. The number of likely N-dealkylation sites (tertiary alicyclic amines) is 1. The van der Waals surface area contributed by atoms with Crippen molar-refractivity contribution in [2.45, 2.75) is 23.9 Å². The van der Waals surface area contributed by atoms with Gasteiger partial charge in [-0.3, -0.25) is 5.10 Å². The molecule has 1 aromatic rings. The Kier molecular flexibility index (Phi) is 3.27. The monoisotopic (exact) mass is 244 g/mol. The number of aromatic amines is 1. The molecule has 2 rings (SSSR count). The summed E-state index contributed by atoms with van der Waals surface area (Å²) >= 11 is 0. The minimum absolute atomic E-state index is 0.00736. The van der Waals surface area contributed by atoms with Crippen LogP contribution in [0.15, 0.2) is 17.3 Å². The molecule has 1 saturated heterocycles. The zero-order valence-corrected chi connectivity index (χ0v) is 10.00. The molecule has 1 atom stereocenters. The van der Waals surface area contributed by atoms with E-state index < -0.39 is 10.0 Å². The van der Waals surface area contributed by atoms with Crippen LogP contribution in [0.25, 0.3) is 0 Å². The van der Waals surface area contributed by atoms with Crippen LogP contribution < -0.4 is 4.72 Å². The summed E-state index contributed by atoms with van der Waals surface area (Å²) < 4.78 is 26.4. The van der Waals surface area contributed by atoms with Crippen molar-refractivity contribution in [1.82, 2.24) is 19.8 Å². The van der Waals surface area contributed by atoms with Crippen LogP contribution in [0.1, 0.15) is 12.8 Å². The lowest BCUT2D eigenvalue weighted by Crippen LogP contribution is -2.46. The second kappa shape index (κ2) is 4.52. The zero-order valence-electron chi connectivity index (χ0n) is 9.18. The molecule has 0 radical (unpaired) electrons. The fourth-order valence-electron chi connectivity index (χ4n) is 1.94. The normalized spacial score (nSPS) is 23.4. The Balaban J connectivity index is 2.04. The number of hydrogen-bond acceptors (Lipinski definition) is 4. The number of rotatable bonds is 3. The highest BCUT2D eigenvalue weighted by molar-refractivity contribution is 7.89. The van der Waals surface area contributed by atoms with Crippen LogP contribution in [0.3, 0.4) is 0 Å². The number of nitrogens with one attached hydrogen (secondary N) is 2. The Morgan fingerprint density at radius 1 is 1.62 bits per heavy atom. The summed E-state index contributed by atoms with van der Waals surface area (Å²) in [5, 5.41) is 6.23. The van der Waals surface area contributed by atoms with Gasteiger partial charge in [0, 0.05) is 12.6 Å². The first-order chi connectivity index (χ1) is 7.58. The van der Waals surface area contributed by atoms with Gasteiger partial charge < -0.3 is 4.90 Å². The van der Waals surface area contributed by atoms with Crippen LogP contribution in [-0.4, -0.2) is 49.7 Å². The highest BCUT2D eigenvalue weighted by Crippen LogP contribution is 2.11. The smallest absolute Gasteiger partial charge is 0.257 e. The Hall–Kier alpha value is -0.920. The highest BCUT2D eigenvalue weighted by Gasteiger charge is 2.24. The van der Waals surface area contributed by atoms with Gasteiger partial charge in [0.05, 0.1) is 6.20 Å². The van der Waals surface area contributed by atoms with Crippen LogP contribution in [-0.2, 0) is 10.0 Å². The van der Waals surface area contributed by atoms with E-state index in [9.17, 15) is 8.42 Å². The third-order valence-electron chi connectivity index (χ3n) is 2.71. The standard InChI is InChI=1S/C9H16N4O2S/c1-13-6-2-3-8(7-13)12-16(14,15)9-4-5-10-11-9/h4-5,8,12H,2-3,6-7H2,1H3,(H,10,11). The van der Waals surface area contributed by atoms with Crippen molar-refractivity contribution in [2.24, 2.45) is 0 Å². The zero-order chi connectivity index (χ0) is 11.6. The van der Waals surface area contributed by atoms with E-state index in [4.69, 9.17) is 0 Å². The SMILES string of the molecule is CN1CCCC(NS(=O)(=O)c2ccn[nH]2)C1. The van der Waals surface area contributed by atoms with Gasteiger partial charge in [-0.15, -0.1) is 0 Å². The van der Waals surface area contributed by atoms with Crippen molar-refractivity contribution in [3.05, 3.63) is 12.3 Å². The van der Waals surface area contributed by atoms with Gasteiger partial charge in [-0.25, -0.2) is 13.1 Å². The lowest BCUT2D eigenvalue weighted by molar-refractivity contribution is 0.242. The molecule has 0 amide bonds. The number of nitrogens with zero attached hydrogens (tertiary/aromatic N) is 2. The molecule has 1 aromatic heterocycles. The van der Waals surface area contributed by atoms with Crippen LogP contribution in [0.2, 0.25) is 0 Å². The Bertz CT molecular complexity index is 428. The Labute approximate surface area is 95.1 Å². The van der Waals surface area contributed by atoms with Crippen LogP contribution >= 0.6 is 0 Å². The minimum Gasteiger partial charge on any atom is -0.305 e. The van der Waals surface area contributed by atoms with Crippen molar-refractivity contribution >= 4 is 10.0 Å². The molecular formula is C9H16N4O2S. The minimum atomic E-state index is -3.43. The largest absolute Gasteiger partial charge is 0.305 e. The van der Waals surface area contributed by atoms with E-state index in [0.29, 0.717) is 0 Å². The van der Waals surface area contributed by atoms with Gasteiger partial charge in [-0.1, -0.05) is 0 Å². The summed E-state index contributed by atoms with van der Waals surface area (Å²) in [5.41, 5.74) is 0. The first kappa shape index (κ1) is 11.6. The molecule has 7 heteroatoms. The summed E-state index contributed by atoms with van der Waals surface area (Å²) in [6, 6.07) is 1.45. The summed E-state index contributed by atoms with van der Waals surface area (Å²) in [4.78, 5) is 2.13. The maximum absolute atomic E-state index is 11.9. The second-order valence-corrected chi connectivity index (χ2v) is 5.83. The van der Waals surface area contributed by atoms with Gasteiger partial charge in [0.2, 0.25) is 0 Å². The molecule has 2 heterocycles. The van der Waals surface area contributed by atoms with Gasteiger partial charge >= 0.3 is 0 Å². The van der Waals surface area contributed by atoms with Crippen molar-refractivity contribution in [3.8, 4) is 0 Å². The fraction of sp³-hybridized carbons (Fsp3) is 0.667. The van der Waals surface area contributed by atoms with Gasteiger partial charge in [-0.2, -0.15) is 5.10 Å². The fourth-order valence-corrected chi connectivity index (χ4v) is 3.11. The van der Waals surface area contributed by atoms with Crippen molar-refractivity contribution in [2.75, 3.05) is 20.1 Å². The van der Waals surface area contributed by atoms with Gasteiger partial charge in [-0.05, 0) is 32.5 Å². The Morgan fingerprint density at radius 3 is 3.06 bits per heavy atom. The Morgan fingerprint density at radius 2 is 2.44 bits per heavy atom. The van der Waals surface area contributed by atoms with Crippen molar-refractivity contribution < 1.29 is 8.42 Å². The average molecular weight is 244 g/mol. The maximum atomic E-state index is 11.9. The quantitative estimate of drug-likeness (QED) is 0.770. The number of hydrogen-bond donors (Lipinski definition) is 2. The molecule has 0 spiro atoms. The summed E-state index contributed by atoms with van der Waals surface area (Å²) in [6.07, 6.45) is 3.34. The van der Waals surface area contributed by atoms with E-state index in [-0.39, 0.29) is 11.1 Å². The topological polar surface area (TPSA) is 78.1 Å². The molecular weight excluding hydrogens is 228 g/mol. The molecule has 1 fully saturated rings. The second-order valence-electron chi connectivity index (χ2n) is 4.14. The lowest BCUT2D eigenvalue weighted by Gasteiger charge is -2.29. The number of likely N-dealkylation sites (N-methyl/N-ethyl adjacent to an activating group) is 1. The van der Waals surface area contributed by atoms with Crippen molar-refractivity contribution in [1.29, 1.82) is 0 Å². The molecule has 2 N–H and O–H groups in total. The van der Waals surface area contributed by atoms with E-state index in [2.05, 4.69) is 19.8 Å². The highest BCUT2D eigenvalue weighted by atomic mass is 32.2. The van der Waals surface area contributed by atoms with Crippen LogP contribution in [0.4, 0.5) is 0 Å². The molecule has 0 aliphatic carbocycles. The molecule has 1 aliphatic rings. The number of piperidine rings is 1. The van der Waals surface area contributed by atoms with E-state index in [0.717, 1.165) is 25.9 Å². The van der Waals surface area contributed by atoms with Crippen molar-refractivity contribution in [3.63, 3.8) is 0 Å². The lowest BCUT2D eigenvalue weighted by atomic mass is 10.1. The molecule has 0 saturated carbocycles. The van der Waals surface area contributed by atoms with Crippen LogP contribution in [0, 0.1) is 0 Å². The summed E-state index contributed by atoms with van der Waals surface area (Å²) in [5.74, 6) is 0.